The number of benzene rings is 1. The number of nitrogens with one attached hydrogen (secondary N) is 1. The molecule has 1 aliphatic carbocycles. The number of fused-ring (bicyclic) bond motifs is 1. The van der Waals surface area contributed by atoms with Gasteiger partial charge in [0.1, 0.15) is 5.75 Å². The first kappa shape index (κ1) is 21.1. The SMILES string of the molecule is c1cc2c(cc1OCCCNCCN1CCCCC1)CCC(CN1CCCC1)C2. The van der Waals surface area contributed by atoms with Crippen LogP contribution in [0.2, 0.25) is 0 Å². The maximum Gasteiger partial charge on any atom is 0.119 e. The van der Waals surface area contributed by atoms with Gasteiger partial charge in [-0.2, -0.15) is 0 Å². The third-order valence-electron chi connectivity index (χ3n) is 7.04. The van der Waals surface area contributed by atoms with Gasteiger partial charge >= 0.3 is 0 Å². The minimum Gasteiger partial charge on any atom is -0.494 e. The molecule has 1 N–H and O–H groups in total. The van der Waals surface area contributed by atoms with E-state index in [1.165, 1.54) is 96.2 Å². The molecule has 2 heterocycles. The number of likely N-dealkylation sites (tertiary alicyclic amines) is 2. The van der Waals surface area contributed by atoms with Crippen LogP contribution in [0.3, 0.4) is 0 Å². The van der Waals surface area contributed by atoms with Gasteiger partial charge in [0.25, 0.3) is 0 Å². The van der Waals surface area contributed by atoms with Crippen molar-refractivity contribution in [3.8, 4) is 5.75 Å². The Morgan fingerprint density at radius 2 is 1.69 bits per heavy atom. The standard InChI is InChI=1S/C25H41N3O/c1-2-13-27(14-3-1)17-12-26-11-6-18-29-25-10-9-23-19-22(7-8-24(23)20-25)21-28-15-4-5-16-28/h9-10,20,22,26H,1-8,11-19,21H2. The summed E-state index contributed by atoms with van der Waals surface area (Å²) in [6, 6.07) is 6.84. The molecule has 4 nitrogen and oxygen atoms in total. The minimum absolute atomic E-state index is 0.813. The summed E-state index contributed by atoms with van der Waals surface area (Å²) in [7, 11) is 0. The molecular weight excluding hydrogens is 358 g/mol. The molecule has 0 saturated carbocycles. The summed E-state index contributed by atoms with van der Waals surface area (Å²) < 4.78 is 6.04. The fraction of sp³-hybridized carbons (Fsp3) is 0.760. The van der Waals surface area contributed by atoms with Gasteiger partial charge in [0, 0.05) is 19.6 Å². The molecule has 0 aromatic heterocycles. The van der Waals surface area contributed by atoms with Crippen molar-refractivity contribution in [3.63, 3.8) is 0 Å². The van der Waals surface area contributed by atoms with Gasteiger partial charge in [0.2, 0.25) is 0 Å². The second kappa shape index (κ2) is 11.3. The molecule has 0 spiro atoms. The lowest BCUT2D eigenvalue weighted by Crippen LogP contribution is -2.36. The maximum absolute atomic E-state index is 6.04. The Labute approximate surface area is 178 Å². The zero-order valence-electron chi connectivity index (χ0n) is 18.3. The molecule has 2 aliphatic heterocycles. The Kier molecular flexibility index (Phi) is 8.26. The number of ether oxygens (including phenoxy) is 1. The summed E-state index contributed by atoms with van der Waals surface area (Å²) in [5, 5.41) is 3.58. The van der Waals surface area contributed by atoms with Crippen LogP contribution in [0.5, 0.6) is 5.75 Å². The predicted octanol–water partition coefficient (Wildman–Crippen LogP) is 3.73. The van der Waals surface area contributed by atoms with Gasteiger partial charge < -0.3 is 19.9 Å². The molecule has 162 valence electrons. The van der Waals surface area contributed by atoms with Crippen LogP contribution in [0.25, 0.3) is 0 Å². The molecule has 3 aliphatic rings. The smallest absolute Gasteiger partial charge is 0.119 e. The van der Waals surface area contributed by atoms with E-state index in [0.29, 0.717) is 0 Å². The van der Waals surface area contributed by atoms with Crippen molar-refractivity contribution in [2.45, 2.75) is 57.8 Å². The molecule has 1 aromatic rings. The summed E-state index contributed by atoms with van der Waals surface area (Å²) >= 11 is 0. The van der Waals surface area contributed by atoms with E-state index in [2.05, 4.69) is 33.3 Å². The molecule has 0 bridgehead atoms. The van der Waals surface area contributed by atoms with Crippen molar-refractivity contribution in [2.75, 3.05) is 59.0 Å². The third kappa shape index (κ3) is 6.70. The maximum atomic E-state index is 6.04. The molecule has 1 atom stereocenters. The van der Waals surface area contributed by atoms with Crippen molar-refractivity contribution in [1.82, 2.24) is 15.1 Å². The zero-order valence-corrected chi connectivity index (χ0v) is 18.3. The van der Waals surface area contributed by atoms with Crippen molar-refractivity contribution in [2.24, 2.45) is 5.92 Å². The fourth-order valence-electron chi connectivity index (χ4n) is 5.32. The van der Waals surface area contributed by atoms with Crippen molar-refractivity contribution >= 4 is 0 Å². The van der Waals surface area contributed by atoms with Crippen LogP contribution in [0.15, 0.2) is 18.2 Å². The molecule has 4 heteroatoms. The lowest BCUT2D eigenvalue weighted by Gasteiger charge is -2.28. The van der Waals surface area contributed by atoms with E-state index >= 15 is 0 Å². The zero-order chi connectivity index (χ0) is 19.7. The van der Waals surface area contributed by atoms with E-state index in [0.717, 1.165) is 37.8 Å². The number of hydrogen-bond acceptors (Lipinski definition) is 4. The first-order valence-electron chi connectivity index (χ1n) is 12.3. The first-order valence-corrected chi connectivity index (χ1v) is 12.3. The lowest BCUT2D eigenvalue weighted by atomic mass is 9.83. The van der Waals surface area contributed by atoms with Gasteiger partial charge in [-0.05, 0) is 113 Å². The van der Waals surface area contributed by atoms with Crippen LogP contribution < -0.4 is 10.1 Å². The highest BCUT2D eigenvalue weighted by Gasteiger charge is 2.22. The summed E-state index contributed by atoms with van der Waals surface area (Å²) in [6.07, 6.45) is 11.9. The molecule has 0 radical (unpaired) electrons. The molecule has 29 heavy (non-hydrogen) atoms. The monoisotopic (exact) mass is 399 g/mol. The average molecular weight is 400 g/mol. The van der Waals surface area contributed by atoms with E-state index in [9.17, 15) is 0 Å². The second-order valence-electron chi connectivity index (χ2n) is 9.40. The van der Waals surface area contributed by atoms with Crippen LogP contribution in [0, 0.1) is 5.92 Å². The summed E-state index contributed by atoms with van der Waals surface area (Å²) in [5.74, 6) is 1.92. The van der Waals surface area contributed by atoms with Crippen molar-refractivity contribution in [3.05, 3.63) is 29.3 Å². The number of piperidine rings is 1. The van der Waals surface area contributed by atoms with Crippen LogP contribution in [-0.4, -0.2) is 68.8 Å². The lowest BCUT2D eigenvalue weighted by molar-refractivity contribution is 0.228. The highest BCUT2D eigenvalue weighted by atomic mass is 16.5. The second-order valence-corrected chi connectivity index (χ2v) is 9.40. The van der Waals surface area contributed by atoms with Crippen LogP contribution >= 0.6 is 0 Å². The minimum atomic E-state index is 0.813. The summed E-state index contributed by atoms with van der Waals surface area (Å²) in [5.41, 5.74) is 3.09. The molecule has 4 rings (SSSR count). The quantitative estimate of drug-likeness (QED) is 0.607. The predicted molar refractivity (Wildman–Crippen MR) is 121 cm³/mol. The van der Waals surface area contributed by atoms with Gasteiger partial charge in [0.05, 0.1) is 6.61 Å². The fourth-order valence-corrected chi connectivity index (χ4v) is 5.32. The topological polar surface area (TPSA) is 27.7 Å². The van der Waals surface area contributed by atoms with E-state index in [1.807, 2.05) is 0 Å². The van der Waals surface area contributed by atoms with Gasteiger partial charge in [-0.3, -0.25) is 0 Å². The Hall–Kier alpha value is -1.10. The van der Waals surface area contributed by atoms with E-state index in [4.69, 9.17) is 4.74 Å². The molecular formula is C25H41N3O. The summed E-state index contributed by atoms with van der Waals surface area (Å²) in [6.45, 7) is 10.7. The molecule has 2 saturated heterocycles. The highest BCUT2D eigenvalue weighted by Crippen LogP contribution is 2.29. The Morgan fingerprint density at radius 3 is 2.55 bits per heavy atom. The van der Waals surface area contributed by atoms with Crippen molar-refractivity contribution in [1.29, 1.82) is 0 Å². The number of nitrogens with zero attached hydrogens (tertiary/aromatic N) is 2. The van der Waals surface area contributed by atoms with Crippen molar-refractivity contribution < 1.29 is 4.74 Å². The molecule has 1 unspecified atom stereocenters. The molecule has 1 aromatic carbocycles. The number of aryl methyl sites for hydroxylation is 1. The Morgan fingerprint density at radius 1 is 0.897 bits per heavy atom. The van der Waals surface area contributed by atoms with Crippen LogP contribution in [-0.2, 0) is 12.8 Å². The van der Waals surface area contributed by atoms with E-state index in [1.54, 1.807) is 5.56 Å². The number of rotatable bonds is 10. The normalized spacial score (nSPS) is 23.2. The van der Waals surface area contributed by atoms with E-state index < -0.39 is 0 Å². The van der Waals surface area contributed by atoms with Gasteiger partial charge in [0.15, 0.2) is 0 Å². The Bertz CT molecular complexity index is 608. The molecule has 2 fully saturated rings. The first-order chi connectivity index (χ1) is 14.4. The largest absolute Gasteiger partial charge is 0.494 e. The van der Waals surface area contributed by atoms with E-state index in [-0.39, 0.29) is 0 Å². The molecule has 0 amide bonds. The number of hydrogen-bond donors (Lipinski definition) is 1. The van der Waals surface area contributed by atoms with Crippen LogP contribution in [0.4, 0.5) is 0 Å². The van der Waals surface area contributed by atoms with Gasteiger partial charge in [-0.1, -0.05) is 12.5 Å². The summed E-state index contributed by atoms with van der Waals surface area (Å²) in [4.78, 5) is 5.27. The third-order valence-corrected chi connectivity index (χ3v) is 7.04. The highest BCUT2D eigenvalue weighted by molar-refractivity contribution is 5.37. The Balaban J connectivity index is 1.10. The van der Waals surface area contributed by atoms with Gasteiger partial charge in [-0.25, -0.2) is 0 Å². The van der Waals surface area contributed by atoms with Gasteiger partial charge in [-0.15, -0.1) is 0 Å². The average Bonchev–Trinajstić information content (AvgIpc) is 3.27. The van der Waals surface area contributed by atoms with Crippen LogP contribution in [0.1, 0.15) is 56.1 Å².